The molecular weight excluding hydrogens is 240 g/mol. The number of aromatic hydroxyl groups is 2. The molecule has 2 unspecified atom stereocenters. The molecular formula is C15H18N2O2. The number of hydrogen-bond acceptors (Lipinski definition) is 4. The monoisotopic (exact) mass is 258 g/mol. The van der Waals surface area contributed by atoms with Gasteiger partial charge in [-0.05, 0) is 43.2 Å². The second kappa shape index (κ2) is 5.71. The average Bonchev–Trinajstić information content (AvgIpc) is 2.38. The molecule has 19 heavy (non-hydrogen) atoms. The van der Waals surface area contributed by atoms with Gasteiger partial charge >= 0.3 is 0 Å². The Bertz CT molecular complexity index is 523. The molecule has 0 radical (unpaired) electrons. The molecule has 2 aromatic rings. The topological polar surface area (TPSA) is 65.4 Å². The van der Waals surface area contributed by atoms with Gasteiger partial charge in [0.15, 0.2) is 0 Å². The second-order valence-electron chi connectivity index (χ2n) is 4.68. The van der Waals surface area contributed by atoms with E-state index < -0.39 is 0 Å². The molecule has 0 bridgehead atoms. The summed E-state index contributed by atoms with van der Waals surface area (Å²) < 4.78 is 0. The van der Waals surface area contributed by atoms with Crippen LogP contribution >= 0.6 is 0 Å². The maximum atomic E-state index is 9.50. The van der Waals surface area contributed by atoms with Crippen molar-refractivity contribution in [1.29, 1.82) is 0 Å². The van der Waals surface area contributed by atoms with Crippen LogP contribution in [0.1, 0.15) is 37.1 Å². The molecule has 0 spiro atoms. The number of nitrogens with zero attached hydrogens (tertiary/aromatic N) is 1. The van der Waals surface area contributed by atoms with Crippen molar-refractivity contribution in [2.24, 2.45) is 0 Å². The minimum Gasteiger partial charge on any atom is -0.508 e. The van der Waals surface area contributed by atoms with Crippen LogP contribution in [0, 0.1) is 0 Å². The van der Waals surface area contributed by atoms with E-state index in [2.05, 4.69) is 17.2 Å². The molecule has 0 fully saturated rings. The fraction of sp³-hybridized carbons (Fsp3) is 0.267. The molecule has 0 aliphatic heterocycles. The summed E-state index contributed by atoms with van der Waals surface area (Å²) in [5.74, 6) is 0.135. The lowest BCUT2D eigenvalue weighted by Gasteiger charge is -2.20. The Morgan fingerprint density at radius 2 is 1.63 bits per heavy atom. The largest absolute Gasteiger partial charge is 0.508 e. The minimum atomic E-state index is 0.00760. The number of hydrogen-bond donors (Lipinski definition) is 3. The van der Waals surface area contributed by atoms with E-state index in [-0.39, 0.29) is 23.6 Å². The summed E-state index contributed by atoms with van der Waals surface area (Å²) in [6.07, 6.45) is 3.57. The van der Waals surface area contributed by atoms with Crippen molar-refractivity contribution in [2.45, 2.75) is 25.9 Å². The van der Waals surface area contributed by atoms with Crippen LogP contribution in [0.25, 0.3) is 0 Å². The first-order valence-corrected chi connectivity index (χ1v) is 6.25. The van der Waals surface area contributed by atoms with Crippen molar-refractivity contribution in [3.8, 4) is 11.5 Å². The third kappa shape index (κ3) is 3.45. The van der Waals surface area contributed by atoms with Crippen molar-refractivity contribution in [2.75, 3.05) is 0 Å². The Morgan fingerprint density at radius 3 is 2.21 bits per heavy atom. The summed E-state index contributed by atoms with van der Waals surface area (Å²) >= 11 is 0. The van der Waals surface area contributed by atoms with Crippen LogP contribution in [0.15, 0.2) is 42.7 Å². The smallest absolute Gasteiger partial charge is 0.119 e. The predicted molar refractivity (Wildman–Crippen MR) is 74.0 cm³/mol. The highest BCUT2D eigenvalue weighted by atomic mass is 16.3. The van der Waals surface area contributed by atoms with E-state index in [0.717, 1.165) is 11.1 Å². The minimum absolute atomic E-state index is 0.00760. The Hall–Kier alpha value is -2.07. The van der Waals surface area contributed by atoms with Gasteiger partial charge in [0.1, 0.15) is 11.5 Å². The van der Waals surface area contributed by atoms with Crippen LogP contribution in [0.4, 0.5) is 0 Å². The van der Waals surface area contributed by atoms with Gasteiger partial charge in [-0.1, -0.05) is 6.07 Å². The maximum absolute atomic E-state index is 9.50. The van der Waals surface area contributed by atoms with Crippen molar-refractivity contribution in [3.05, 3.63) is 53.9 Å². The van der Waals surface area contributed by atoms with Crippen molar-refractivity contribution in [1.82, 2.24) is 10.3 Å². The summed E-state index contributed by atoms with van der Waals surface area (Å²) in [7, 11) is 0. The number of phenols is 2. The van der Waals surface area contributed by atoms with Crippen LogP contribution in [0.5, 0.6) is 11.5 Å². The lowest BCUT2D eigenvalue weighted by Crippen LogP contribution is -2.22. The van der Waals surface area contributed by atoms with Gasteiger partial charge in [-0.3, -0.25) is 4.98 Å². The standard InChI is InChI=1S/C15H18N2O2/c1-10(12-4-3-5-16-9-12)17-11(2)13-6-14(18)8-15(19)7-13/h3-11,17-19H,1-2H3. The van der Waals surface area contributed by atoms with E-state index in [1.165, 1.54) is 6.07 Å². The van der Waals surface area contributed by atoms with Crippen molar-refractivity contribution in [3.63, 3.8) is 0 Å². The molecule has 0 saturated heterocycles. The SMILES string of the molecule is CC(NC(C)c1cc(O)cc(O)c1)c1cccnc1. The summed E-state index contributed by atoms with van der Waals surface area (Å²) in [6, 6.07) is 8.67. The van der Waals surface area contributed by atoms with Gasteiger partial charge in [0.05, 0.1) is 0 Å². The number of pyridine rings is 1. The van der Waals surface area contributed by atoms with Gasteiger partial charge in [0, 0.05) is 30.5 Å². The summed E-state index contributed by atoms with van der Waals surface area (Å²) in [6.45, 7) is 4.04. The van der Waals surface area contributed by atoms with Crippen molar-refractivity contribution < 1.29 is 10.2 Å². The van der Waals surface area contributed by atoms with Crippen LogP contribution in [-0.4, -0.2) is 15.2 Å². The summed E-state index contributed by atoms with van der Waals surface area (Å²) in [4.78, 5) is 4.09. The fourth-order valence-electron chi connectivity index (χ4n) is 2.07. The van der Waals surface area contributed by atoms with E-state index in [9.17, 15) is 10.2 Å². The zero-order valence-electron chi connectivity index (χ0n) is 11.0. The van der Waals surface area contributed by atoms with E-state index in [1.807, 2.05) is 25.3 Å². The molecule has 1 aromatic heterocycles. The Morgan fingerprint density at radius 1 is 1.00 bits per heavy atom. The second-order valence-corrected chi connectivity index (χ2v) is 4.68. The zero-order valence-corrected chi connectivity index (χ0v) is 11.0. The molecule has 4 nitrogen and oxygen atoms in total. The molecule has 0 aliphatic rings. The fourth-order valence-corrected chi connectivity index (χ4v) is 2.07. The molecule has 0 amide bonds. The Labute approximate surface area is 112 Å². The molecule has 2 rings (SSSR count). The number of benzene rings is 1. The zero-order chi connectivity index (χ0) is 13.8. The van der Waals surface area contributed by atoms with Gasteiger partial charge < -0.3 is 15.5 Å². The Balaban J connectivity index is 2.10. The molecule has 1 heterocycles. The normalized spacial score (nSPS) is 14.0. The third-order valence-electron chi connectivity index (χ3n) is 3.11. The first kappa shape index (κ1) is 13.4. The van der Waals surface area contributed by atoms with Gasteiger partial charge in [0.2, 0.25) is 0 Å². The molecule has 2 atom stereocenters. The van der Waals surface area contributed by atoms with E-state index in [1.54, 1.807) is 18.3 Å². The first-order valence-electron chi connectivity index (χ1n) is 6.25. The highest BCUT2D eigenvalue weighted by Gasteiger charge is 2.12. The number of aromatic nitrogens is 1. The lowest BCUT2D eigenvalue weighted by atomic mass is 10.0. The van der Waals surface area contributed by atoms with Crippen molar-refractivity contribution >= 4 is 0 Å². The molecule has 4 heteroatoms. The summed E-state index contributed by atoms with van der Waals surface area (Å²) in [5.41, 5.74) is 1.94. The van der Waals surface area contributed by atoms with Gasteiger partial charge in [-0.2, -0.15) is 0 Å². The van der Waals surface area contributed by atoms with Crippen LogP contribution in [-0.2, 0) is 0 Å². The maximum Gasteiger partial charge on any atom is 0.119 e. The van der Waals surface area contributed by atoms with Crippen LogP contribution in [0.3, 0.4) is 0 Å². The highest BCUT2D eigenvalue weighted by molar-refractivity contribution is 5.38. The van der Waals surface area contributed by atoms with Crippen LogP contribution < -0.4 is 5.32 Å². The molecule has 0 aliphatic carbocycles. The summed E-state index contributed by atoms with van der Waals surface area (Å²) in [5, 5.41) is 22.4. The predicted octanol–water partition coefficient (Wildman–Crippen LogP) is 2.90. The molecule has 3 N–H and O–H groups in total. The number of rotatable bonds is 4. The molecule has 1 aromatic carbocycles. The highest BCUT2D eigenvalue weighted by Crippen LogP contribution is 2.26. The van der Waals surface area contributed by atoms with Gasteiger partial charge in [0.25, 0.3) is 0 Å². The van der Waals surface area contributed by atoms with Crippen LogP contribution in [0.2, 0.25) is 0 Å². The first-order chi connectivity index (χ1) is 9.06. The lowest BCUT2D eigenvalue weighted by molar-refractivity contribution is 0.442. The van der Waals surface area contributed by atoms with Gasteiger partial charge in [-0.15, -0.1) is 0 Å². The third-order valence-corrected chi connectivity index (χ3v) is 3.11. The quantitative estimate of drug-likeness (QED) is 0.789. The Kier molecular flexibility index (Phi) is 4.02. The van der Waals surface area contributed by atoms with E-state index in [4.69, 9.17) is 0 Å². The molecule has 0 saturated carbocycles. The number of nitrogens with one attached hydrogen (secondary N) is 1. The average molecular weight is 258 g/mol. The molecule has 100 valence electrons. The number of phenolic OH excluding ortho intramolecular Hbond substituents is 2. The van der Waals surface area contributed by atoms with E-state index >= 15 is 0 Å². The van der Waals surface area contributed by atoms with Gasteiger partial charge in [-0.25, -0.2) is 0 Å². The van der Waals surface area contributed by atoms with E-state index in [0.29, 0.717) is 0 Å².